The highest BCUT2D eigenvalue weighted by atomic mass is 32.2. The van der Waals surface area contributed by atoms with Gasteiger partial charge in [0.25, 0.3) is 0 Å². The lowest BCUT2D eigenvalue weighted by Gasteiger charge is -2.32. The van der Waals surface area contributed by atoms with Crippen LogP contribution in [-0.2, 0) is 25.6 Å². The zero-order valence-corrected chi connectivity index (χ0v) is 21.8. The minimum absolute atomic E-state index is 0.116. The first-order chi connectivity index (χ1) is 17.8. The predicted molar refractivity (Wildman–Crippen MR) is 142 cm³/mol. The predicted octanol–water partition coefficient (Wildman–Crippen LogP) is 1.34. The number of para-hydroxylation sites is 1. The highest BCUT2D eigenvalue weighted by Crippen LogP contribution is 2.26. The van der Waals surface area contributed by atoms with E-state index in [0.717, 1.165) is 22.2 Å². The number of aromatic nitrogens is 1. The van der Waals surface area contributed by atoms with Crippen LogP contribution in [0.15, 0.2) is 30.5 Å². The van der Waals surface area contributed by atoms with E-state index in [-0.39, 0.29) is 18.2 Å². The molecule has 2 fully saturated rings. The number of benzene rings is 1. The van der Waals surface area contributed by atoms with E-state index in [0.29, 0.717) is 45.2 Å². The molecule has 37 heavy (non-hydrogen) atoms. The van der Waals surface area contributed by atoms with Crippen LogP contribution in [0, 0.1) is 0 Å². The number of H-pyrrole nitrogens is 1. The molecule has 1 aromatic carbocycles. The van der Waals surface area contributed by atoms with Gasteiger partial charge in [0.15, 0.2) is 0 Å². The van der Waals surface area contributed by atoms with Crippen molar-refractivity contribution >= 4 is 46.4 Å². The summed E-state index contributed by atoms with van der Waals surface area (Å²) >= 11 is 1.62. The molecule has 3 amide bonds. The van der Waals surface area contributed by atoms with Crippen molar-refractivity contribution in [2.75, 3.05) is 25.1 Å². The summed E-state index contributed by atoms with van der Waals surface area (Å²) in [6.07, 6.45) is 6.68. The lowest BCUT2D eigenvalue weighted by Crippen LogP contribution is -2.56. The number of hydrogen-bond acceptors (Lipinski definition) is 6. The van der Waals surface area contributed by atoms with E-state index in [1.165, 1.54) is 4.90 Å². The Kier molecular flexibility index (Phi) is 8.75. The molecular weight excluding hydrogens is 494 g/mol. The monoisotopic (exact) mass is 529 g/mol. The summed E-state index contributed by atoms with van der Waals surface area (Å²) in [5.74, 6) is -1.34. The molecule has 2 saturated heterocycles. The first-order valence-electron chi connectivity index (χ1n) is 12.8. The molecule has 3 heterocycles. The van der Waals surface area contributed by atoms with Crippen LogP contribution in [0.2, 0.25) is 0 Å². The van der Waals surface area contributed by atoms with Crippen LogP contribution in [0.1, 0.15) is 37.7 Å². The van der Waals surface area contributed by atoms with Crippen LogP contribution >= 0.6 is 11.8 Å². The van der Waals surface area contributed by atoms with Gasteiger partial charge in [-0.2, -0.15) is 11.8 Å². The van der Waals surface area contributed by atoms with Gasteiger partial charge in [-0.1, -0.05) is 18.2 Å². The minimum Gasteiger partial charge on any atom is -0.480 e. The van der Waals surface area contributed by atoms with Gasteiger partial charge in [-0.25, -0.2) is 4.79 Å². The summed E-state index contributed by atoms with van der Waals surface area (Å²) in [5.41, 5.74) is 7.78. The van der Waals surface area contributed by atoms with Gasteiger partial charge in [0.1, 0.15) is 18.1 Å². The van der Waals surface area contributed by atoms with Crippen LogP contribution in [0.5, 0.6) is 0 Å². The molecule has 4 rings (SSSR count). The molecule has 0 spiro atoms. The second-order valence-corrected chi connectivity index (χ2v) is 10.7. The number of hydrogen-bond donors (Lipinski definition) is 4. The van der Waals surface area contributed by atoms with Gasteiger partial charge in [-0.15, -0.1) is 0 Å². The van der Waals surface area contributed by atoms with Crippen molar-refractivity contribution in [3.63, 3.8) is 0 Å². The van der Waals surface area contributed by atoms with Crippen LogP contribution in [-0.4, -0.2) is 92.8 Å². The van der Waals surface area contributed by atoms with Gasteiger partial charge in [0, 0.05) is 36.6 Å². The summed E-state index contributed by atoms with van der Waals surface area (Å²) in [6, 6.07) is 4.39. The molecule has 4 unspecified atom stereocenters. The molecule has 200 valence electrons. The summed E-state index contributed by atoms with van der Waals surface area (Å²) < 4.78 is 0. The summed E-state index contributed by atoms with van der Waals surface area (Å²) in [4.78, 5) is 57.9. The fraction of sp³-hybridized carbons (Fsp3) is 0.538. The van der Waals surface area contributed by atoms with E-state index in [1.807, 2.05) is 30.5 Å². The number of fused-ring (bicyclic) bond motifs is 1. The largest absolute Gasteiger partial charge is 0.480 e. The van der Waals surface area contributed by atoms with E-state index in [2.05, 4.69) is 10.3 Å². The van der Waals surface area contributed by atoms with Gasteiger partial charge in [0.05, 0.1) is 6.04 Å². The van der Waals surface area contributed by atoms with Crippen LogP contribution in [0.4, 0.5) is 0 Å². The first-order valence-corrected chi connectivity index (χ1v) is 14.1. The first kappa shape index (κ1) is 27.0. The van der Waals surface area contributed by atoms with Gasteiger partial charge >= 0.3 is 5.97 Å². The van der Waals surface area contributed by atoms with Crippen molar-refractivity contribution < 1.29 is 24.3 Å². The Labute approximate surface area is 220 Å². The lowest BCUT2D eigenvalue weighted by molar-refractivity contribution is -0.148. The van der Waals surface area contributed by atoms with Gasteiger partial charge in [0.2, 0.25) is 17.7 Å². The fourth-order valence-electron chi connectivity index (χ4n) is 5.35. The third-order valence-corrected chi connectivity index (χ3v) is 7.97. The van der Waals surface area contributed by atoms with Crippen molar-refractivity contribution in [2.45, 2.75) is 62.7 Å². The normalized spacial score (nSPS) is 21.2. The number of nitrogens with zero attached hydrogens (tertiary/aromatic N) is 2. The fourth-order valence-corrected chi connectivity index (χ4v) is 5.84. The number of thioether (sulfide) groups is 1. The Morgan fingerprint density at radius 2 is 1.84 bits per heavy atom. The number of amides is 3. The quantitative estimate of drug-likeness (QED) is 0.363. The van der Waals surface area contributed by atoms with Crippen LogP contribution < -0.4 is 11.1 Å². The SMILES string of the molecule is CSCCC(N)C(=O)N1CCCC1C(=O)N1CCCC1C(=O)NC(Cc1c[nH]c2ccccc12)C(=O)O. The Balaban J connectivity index is 1.43. The smallest absolute Gasteiger partial charge is 0.326 e. The van der Waals surface area contributed by atoms with Crippen LogP contribution in [0.25, 0.3) is 10.9 Å². The van der Waals surface area contributed by atoms with E-state index in [9.17, 15) is 24.3 Å². The third kappa shape index (κ3) is 5.93. The zero-order valence-electron chi connectivity index (χ0n) is 21.0. The maximum absolute atomic E-state index is 13.5. The van der Waals surface area contributed by atoms with E-state index in [1.54, 1.807) is 22.9 Å². The molecule has 0 bridgehead atoms. The lowest BCUT2D eigenvalue weighted by atomic mass is 10.0. The number of carboxylic acids is 1. The molecule has 2 aliphatic heterocycles. The molecule has 5 N–H and O–H groups in total. The van der Waals surface area contributed by atoms with E-state index >= 15 is 0 Å². The Morgan fingerprint density at radius 1 is 1.14 bits per heavy atom. The van der Waals surface area contributed by atoms with Gasteiger partial charge in [-0.05, 0) is 55.7 Å². The molecule has 0 aliphatic carbocycles. The van der Waals surface area contributed by atoms with Gasteiger partial charge in [-0.3, -0.25) is 14.4 Å². The summed E-state index contributed by atoms with van der Waals surface area (Å²) in [7, 11) is 0. The van der Waals surface area contributed by atoms with Crippen LogP contribution in [0.3, 0.4) is 0 Å². The third-order valence-electron chi connectivity index (χ3n) is 7.32. The molecule has 11 heteroatoms. The van der Waals surface area contributed by atoms with Crippen molar-refractivity contribution in [2.24, 2.45) is 5.73 Å². The summed E-state index contributed by atoms with van der Waals surface area (Å²) in [5, 5.41) is 13.4. The maximum atomic E-state index is 13.5. The molecule has 0 radical (unpaired) electrons. The molecule has 4 atom stereocenters. The number of aliphatic carboxylic acids is 1. The van der Waals surface area contributed by atoms with E-state index < -0.39 is 36.0 Å². The maximum Gasteiger partial charge on any atom is 0.326 e. The van der Waals surface area contributed by atoms with Crippen molar-refractivity contribution in [1.29, 1.82) is 0 Å². The number of carbonyl (C=O) groups is 4. The number of nitrogens with one attached hydrogen (secondary N) is 2. The molecule has 2 aromatic rings. The molecular formula is C26H35N5O5S. The number of likely N-dealkylation sites (tertiary alicyclic amines) is 2. The highest BCUT2D eigenvalue weighted by Gasteiger charge is 2.43. The number of nitrogens with two attached hydrogens (primary N) is 1. The number of carboxylic acid groups (broad SMARTS) is 1. The number of carbonyl (C=O) groups excluding carboxylic acids is 3. The Morgan fingerprint density at radius 3 is 2.57 bits per heavy atom. The Bertz CT molecular complexity index is 1150. The molecule has 1 aromatic heterocycles. The van der Waals surface area contributed by atoms with E-state index in [4.69, 9.17) is 5.73 Å². The van der Waals surface area contributed by atoms with Crippen molar-refractivity contribution in [3.05, 3.63) is 36.0 Å². The van der Waals surface area contributed by atoms with Crippen molar-refractivity contribution in [1.82, 2.24) is 20.1 Å². The second kappa shape index (κ2) is 12.0. The average molecular weight is 530 g/mol. The van der Waals surface area contributed by atoms with Crippen molar-refractivity contribution in [3.8, 4) is 0 Å². The minimum atomic E-state index is -1.14. The summed E-state index contributed by atoms with van der Waals surface area (Å²) in [6.45, 7) is 0.868. The highest BCUT2D eigenvalue weighted by molar-refractivity contribution is 7.98. The van der Waals surface area contributed by atoms with Gasteiger partial charge < -0.3 is 30.9 Å². The molecule has 10 nitrogen and oxygen atoms in total. The number of aromatic amines is 1. The average Bonchev–Trinajstić information content (AvgIpc) is 3.66. The Hall–Kier alpha value is -3.05. The number of rotatable bonds is 10. The standard InChI is InChI=1S/C26H35N5O5S/c1-37-13-10-18(27)24(33)31-12-5-9-22(31)25(34)30-11-4-8-21(30)23(32)29-20(26(35)36)14-16-15-28-19-7-3-2-6-17(16)19/h2-3,6-7,15,18,20-22,28H,4-5,8-14,27H2,1H3,(H,29,32)(H,35,36). The molecule has 0 saturated carbocycles. The zero-order chi connectivity index (χ0) is 26.5. The topological polar surface area (TPSA) is 149 Å². The second-order valence-electron chi connectivity index (χ2n) is 9.73. The molecule has 2 aliphatic rings.